The molecule has 51 heavy (non-hydrogen) atoms. The van der Waals surface area contributed by atoms with Crippen LogP contribution in [-0.2, 0) is 4.79 Å². The van der Waals surface area contributed by atoms with Gasteiger partial charge in [-0.3, -0.25) is 4.79 Å². The Balaban J connectivity index is 3.67. The van der Waals surface area contributed by atoms with Crippen molar-refractivity contribution in [3.63, 3.8) is 0 Å². The van der Waals surface area contributed by atoms with Crippen molar-refractivity contribution in [1.29, 1.82) is 0 Å². The van der Waals surface area contributed by atoms with Crippen molar-refractivity contribution < 1.29 is 15.0 Å². The normalized spacial score (nSPS) is 13.7. The van der Waals surface area contributed by atoms with Gasteiger partial charge in [-0.2, -0.15) is 0 Å². The van der Waals surface area contributed by atoms with Crippen molar-refractivity contribution >= 4 is 5.91 Å². The maximum atomic E-state index is 12.4. The first-order valence-electron chi connectivity index (χ1n) is 21.7. The van der Waals surface area contributed by atoms with Gasteiger partial charge >= 0.3 is 0 Å². The van der Waals surface area contributed by atoms with E-state index in [0.29, 0.717) is 6.42 Å². The average molecular weight is 710 g/mol. The maximum Gasteiger partial charge on any atom is 0.220 e. The SMILES string of the molecule is CC/C=C\C/C=C\C/C=C\C/C=C\C/C=C\CCCCCC(=O)NC(CO)C(O)/C=C/CCCCCCCCCCCCCCCCCCCC. The van der Waals surface area contributed by atoms with Crippen LogP contribution >= 0.6 is 0 Å². The Morgan fingerprint density at radius 1 is 0.490 bits per heavy atom. The van der Waals surface area contributed by atoms with Crippen molar-refractivity contribution in [2.75, 3.05) is 6.61 Å². The molecule has 3 N–H and O–H groups in total. The number of carbonyl (C=O) groups excluding carboxylic acids is 1. The maximum absolute atomic E-state index is 12.4. The number of aliphatic hydroxyl groups excluding tert-OH is 2. The quantitative estimate of drug-likeness (QED) is 0.0441. The zero-order valence-electron chi connectivity index (χ0n) is 33.6. The summed E-state index contributed by atoms with van der Waals surface area (Å²) in [5.74, 6) is -0.0973. The summed E-state index contributed by atoms with van der Waals surface area (Å²) in [5.41, 5.74) is 0. The predicted octanol–water partition coefficient (Wildman–Crippen LogP) is 13.5. The monoisotopic (exact) mass is 710 g/mol. The van der Waals surface area contributed by atoms with Crippen LogP contribution in [0.15, 0.2) is 72.9 Å². The first kappa shape index (κ1) is 48.8. The van der Waals surface area contributed by atoms with Crippen molar-refractivity contribution in [3.8, 4) is 0 Å². The van der Waals surface area contributed by atoms with E-state index in [1.54, 1.807) is 6.08 Å². The van der Waals surface area contributed by atoms with Gasteiger partial charge in [0.25, 0.3) is 0 Å². The molecule has 0 aliphatic rings. The second kappa shape index (κ2) is 42.2. The summed E-state index contributed by atoms with van der Waals surface area (Å²) < 4.78 is 0. The molecule has 0 aromatic heterocycles. The largest absolute Gasteiger partial charge is 0.394 e. The summed E-state index contributed by atoms with van der Waals surface area (Å²) in [4.78, 5) is 12.4. The van der Waals surface area contributed by atoms with Crippen molar-refractivity contribution in [2.45, 2.75) is 212 Å². The third-order valence-corrected chi connectivity index (χ3v) is 9.45. The number of aliphatic hydroxyl groups is 2. The molecule has 0 fully saturated rings. The molecule has 2 unspecified atom stereocenters. The molecule has 0 aliphatic carbocycles. The van der Waals surface area contributed by atoms with Gasteiger partial charge in [0.2, 0.25) is 5.91 Å². The Morgan fingerprint density at radius 3 is 1.29 bits per heavy atom. The number of amides is 1. The van der Waals surface area contributed by atoms with Crippen LogP contribution in [0.3, 0.4) is 0 Å². The molecule has 0 saturated heterocycles. The zero-order chi connectivity index (χ0) is 37.1. The van der Waals surface area contributed by atoms with Gasteiger partial charge in [-0.05, 0) is 64.2 Å². The molecule has 0 radical (unpaired) electrons. The van der Waals surface area contributed by atoms with Crippen LogP contribution < -0.4 is 5.32 Å². The van der Waals surface area contributed by atoms with Crippen LogP contribution in [0.1, 0.15) is 200 Å². The standard InChI is InChI=1S/C47H83NO3/c1-3-5-7-9-11-13-15-17-19-21-23-25-26-28-30-32-34-36-38-40-42-46(50)45(44-49)48-47(51)43-41-39-37-35-33-31-29-27-24-22-20-18-16-14-12-10-8-6-4-2/h6,8,12,14,18,20,24,27,31,33,40,42,45-46,49-50H,3-5,7,9-11,13,15-17,19,21-23,25-26,28-30,32,34-39,41,43-44H2,1-2H3,(H,48,51)/b8-6-,14-12-,20-18-,27-24-,33-31-,42-40+. The third-order valence-electron chi connectivity index (χ3n) is 9.45. The molecule has 0 spiro atoms. The molecular formula is C47H83NO3. The Kier molecular flexibility index (Phi) is 40.4. The fourth-order valence-electron chi connectivity index (χ4n) is 6.14. The minimum absolute atomic E-state index is 0.0973. The highest BCUT2D eigenvalue weighted by Gasteiger charge is 2.17. The predicted molar refractivity (Wildman–Crippen MR) is 225 cm³/mol. The van der Waals surface area contributed by atoms with Gasteiger partial charge in [0.1, 0.15) is 0 Å². The summed E-state index contributed by atoms with van der Waals surface area (Å²) >= 11 is 0. The van der Waals surface area contributed by atoms with Crippen molar-refractivity contribution in [1.82, 2.24) is 5.32 Å². The molecule has 0 rings (SSSR count). The number of hydrogen-bond donors (Lipinski definition) is 3. The second-order valence-corrected chi connectivity index (χ2v) is 14.4. The minimum atomic E-state index is -0.857. The number of allylic oxidation sites excluding steroid dienone is 11. The van der Waals surface area contributed by atoms with Crippen molar-refractivity contribution in [3.05, 3.63) is 72.9 Å². The van der Waals surface area contributed by atoms with Crippen LogP contribution in [0.4, 0.5) is 0 Å². The van der Waals surface area contributed by atoms with E-state index in [2.05, 4.69) is 79.9 Å². The van der Waals surface area contributed by atoms with Crippen LogP contribution in [0.2, 0.25) is 0 Å². The highest BCUT2D eigenvalue weighted by Crippen LogP contribution is 2.15. The van der Waals surface area contributed by atoms with Gasteiger partial charge in [0, 0.05) is 6.42 Å². The molecule has 0 bridgehead atoms. The van der Waals surface area contributed by atoms with E-state index < -0.39 is 12.1 Å². The number of rotatable bonds is 38. The highest BCUT2D eigenvalue weighted by molar-refractivity contribution is 5.76. The summed E-state index contributed by atoms with van der Waals surface area (Å²) in [6.45, 7) is 4.18. The van der Waals surface area contributed by atoms with Crippen LogP contribution in [0, 0.1) is 0 Å². The number of unbranched alkanes of at least 4 members (excludes halogenated alkanes) is 21. The number of hydrogen-bond acceptors (Lipinski definition) is 3. The van der Waals surface area contributed by atoms with E-state index in [1.165, 1.54) is 109 Å². The minimum Gasteiger partial charge on any atom is -0.394 e. The highest BCUT2D eigenvalue weighted by atomic mass is 16.3. The summed E-state index contributed by atoms with van der Waals surface area (Å²) in [6, 6.07) is -0.643. The van der Waals surface area contributed by atoms with Crippen LogP contribution in [0.5, 0.6) is 0 Å². The molecule has 4 nitrogen and oxygen atoms in total. The Labute approximate surface area is 317 Å². The lowest BCUT2D eigenvalue weighted by atomic mass is 10.0. The number of carbonyl (C=O) groups is 1. The summed E-state index contributed by atoms with van der Waals surface area (Å²) in [7, 11) is 0. The molecule has 2 atom stereocenters. The Bertz CT molecular complexity index is 899. The number of nitrogens with one attached hydrogen (secondary N) is 1. The van der Waals surface area contributed by atoms with Gasteiger partial charge in [0.15, 0.2) is 0 Å². The summed E-state index contributed by atoms with van der Waals surface area (Å²) in [6.07, 6.45) is 60.0. The van der Waals surface area contributed by atoms with E-state index in [-0.39, 0.29) is 12.5 Å². The smallest absolute Gasteiger partial charge is 0.220 e. The second-order valence-electron chi connectivity index (χ2n) is 14.4. The van der Waals surface area contributed by atoms with Crippen LogP contribution in [-0.4, -0.2) is 34.9 Å². The Morgan fingerprint density at radius 2 is 0.863 bits per heavy atom. The fourth-order valence-corrected chi connectivity index (χ4v) is 6.14. The molecule has 294 valence electrons. The first-order chi connectivity index (χ1) is 25.2. The fraction of sp³-hybridized carbons (Fsp3) is 0.723. The lowest BCUT2D eigenvalue weighted by Crippen LogP contribution is -2.45. The Hall–Kier alpha value is -2.17. The van der Waals surface area contributed by atoms with E-state index >= 15 is 0 Å². The van der Waals surface area contributed by atoms with Crippen molar-refractivity contribution in [2.24, 2.45) is 0 Å². The first-order valence-corrected chi connectivity index (χ1v) is 21.7. The van der Waals surface area contributed by atoms with E-state index in [0.717, 1.165) is 70.6 Å². The molecule has 0 aromatic carbocycles. The molecule has 0 heterocycles. The zero-order valence-corrected chi connectivity index (χ0v) is 33.6. The molecule has 0 aromatic rings. The van der Waals surface area contributed by atoms with E-state index in [1.807, 2.05) is 6.08 Å². The van der Waals surface area contributed by atoms with Gasteiger partial charge in [-0.25, -0.2) is 0 Å². The van der Waals surface area contributed by atoms with Gasteiger partial charge in [-0.15, -0.1) is 0 Å². The lowest BCUT2D eigenvalue weighted by Gasteiger charge is -2.19. The van der Waals surface area contributed by atoms with Gasteiger partial charge < -0.3 is 15.5 Å². The molecule has 0 aliphatic heterocycles. The lowest BCUT2D eigenvalue weighted by molar-refractivity contribution is -0.123. The van der Waals surface area contributed by atoms with E-state index in [9.17, 15) is 15.0 Å². The molecular weight excluding hydrogens is 627 g/mol. The van der Waals surface area contributed by atoms with Crippen LogP contribution in [0.25, 0.3) is 0 Å². The van der Waals surface area contributed by atoms with E-state index in [4.69, 9.17) is 0 Å². The average Bonchev–Trinajstić information content (AvgIpc) is 3.13. The molecule has 0 saturated carbocycles. The molecule has 4 heteroatoms. The van der Waals surface area contributed by atoms with Gasteiger partial charge in [-0.1, -0.05) is 202 Å². The van der Waals surface area contributed by atoms with Gasteiger partial charge in [0.05, 0.1) is 18.8 Å². The topological polar surface area (TPSA) is 69.6 Å². The molecule has 1 amide bonds. The summed E-state index contributed by atoms with van der Waals surface area (Å²) in [5, 5.41) is 23.0. The third kappa shape index (κ3) is 38.9.